The Morgan fingerprint density at radius 1 is 1.13 bits per heavy atom. The van der Waals surface area contributed by atoms with Crippen LogP contribution in [-0.2, 0) is 0 Å². The summed E-state index contributed by atoms with van der Waals surface area (Å²) < 4.78 is 0. The van der Waals surface area contributed by atoms with E-state index >= 15 is 0 Å². The maximum absolute atomic E-state index is 3.69. The standard InChI is InChI=1S/C13H29NS/c1-5-9-14-13(8-10-15-4)11-12(6-2)7-3/h12-14H,5-11H2,1-4H3. The highest BCUT2D eigenvalue weighted by atomic mass is 32.2. The molecule has 2 heteroatoms. The predicted molar refractivity (Wildman–Crippen MR) is 73.8 cm³/mol. The van der Waals surface area contributed by atoms with Crippen molar-refractivity contribution in [1.82, 2.24) is 5.32 Å². The van der Waals surface area contributed by atoms with Crippen LogP contribution in [0.5, 0.6) is 0 Å². The zero-order valence-electron chi connectivity index (χ0n) is 11.0. The number of thioether (sulfide) groups is 1. The van der Waals surface area contributed by atoms with E-state index in [9.17, 15) is 0 Å². The zero-order valence-corrected chi connectivity index (χ0v) is 11.8. The molecular formula is C13H29NS. The lowest BCUT2D eigenvalue weighted by molar-refractivity contribution is 0.360. The second kappa shape index (κ2) is 10.8. The van der Waals surface area contributed by atoms with Gasteiger partial charge in [-0.2, -0.15) is 11.8 Å². The zero-order chi connectivity index (χ0) is 11.5. The van der Waals surface area contributed by atoms with Gasteiger partial charge in [0.2, 0.25) is 0 Å². The van der Waals surface area contributed by atoms with Crippen LogP contribution < -0.4 is 5.32 Å². The van der Waals surface area contributed by atoms with Crippen molar-refractivity contribution in [2.45, 2.75) is 58.9 Å². The van der Waals surface area contributed by atoms with Crippen LogP contribution in [-0.4, -0.2) is 24.6 Å². The molecule has 1 N–H and O–H groups in total. The summed E-state index contributed by atoms with van der Waals surface area (Å²) in [6.45, 7) is 8.06. The minimum atomic E-state index is 0.752. The summed E-state index contributed by atoms with van der Waals surface area (Å²) in [5.74, 6) is 2.21. The molecule has 1 atom stereocenters. The van der Waals surface area contributed by atoms with Crippen LogP contribution in [0.2, 0.25) is 0 Å². The second-order valence-electron chi connectivity index (χ2n) is 4.35. The first kappa shape index (κ1) is 15.3. The third-order valence-electron chi connectivity index (χ3n) is 3.13. The van der Waals surface area contributed by atoms with E-state index < -0.39 is 0 Å². The molecule has 0 bridgehead atoms. The van der Waals surface area contributed by atoms with Crippen molar-refractivity contribution in [1.29, 1.82) is 0 Å². The molecule has 0 saturated heterocycles. The van der Waals surface area contributed by atoms with E-state index in [1.807, 2.05) is 11.8 Å². The average molecular weight is 231 g/mol. The van der Waals surface area contributed by atoms with Gasteiger partial charge in [0, 0.05) is 6.04 Å². The van der Waals surface area contributed by atoms with Gasteiger partial charge in [-0.1, -0.05) is 33.6 Å². The highest BCUT2D eigenvalue weighted by molar-refractivity contribution is 7.98. The van der Waals surface area contributed by atoms with Crippen molar-refractivity contribution in [3.05, 3.63) is 0 Å². The predicted octanol–water partition coefficient (Wildman–Crippen LogP) is 3.93. The van der Waals surface area contributed by atoms with E-state index in [0.29, 0.717) is 0 Å². The van der Waals surface area contributed by atoms with Gasteiger partial charge in [-0.15, -0.1) is 0 Å². The Hall–Kier alpha value is 0.310. The van der Waals surface area contributed by atoms with E-state index in [-0.39, 0.29) is 0 Å². The van der Waals surface area contributed by atoms with Crippen molar-refractivity contribution in [2.24, 2.45) is 5.92 Å². The van der Waals surface area contributed by atoms with Crippen molar-refractivity contribution < 1.29 is 0 Å². The monoisotopic (exact) mass is 231 g/mol. The summed E-state index contributed by atoms with van der Waals surface area (Å²) in [6, 6.07) is 0.752. The van der Waals surface area contributed by atoms with E-state index in [4.69, 9.17) is 0 Å². The quantitative estimate of drug-likeness (QED) is 0.611. The Labute approximate surface area is 101 Å². The van der Waals surface area contributed by atoms with E-state index in [0.717, 1.165) is 12.0 Å². The molecule has 0 amide bonds. The van der Waals surface area contributed by atoms with E-state index in [1.54, 1.807) is 0 Å². The maximum Gasteiger partial charge on any atom is 0.00775 e. The highest BCUT2D eigenvalue weighted by Gasteiger charge is 2.12. The van der Waals surface area contributed by atoms with Gasteiger partial charge in [-0.25, -0.2) is 0 Å². The Balaban J connectivity index is 3.86. The molecule has 0 aromatic rings. The second-order valence-corrected chi connectivity index (χ2v) is 5.34. The summed E-state index contributed by atoms with van der Waals surface area (Å²) >= 11 is 1.97. The van der Waals surface area contributed by atoms with Crippen LogP contribution in [0.25, 0.3) is 0 Å². The molecule has 0 spiro atoms. The van der Waals surface area contributed by atoms with Crippen LogP contribution in [0.3, 0.4) is 0 Å². The minimum absolute atomic E-state index is 0.752. The van der Waals surface area contributed by atoms with Gasteiger partial charge in [-0.3, -0.25) is 0 Å². The van der Waals surface area contributed by atoms with Crippen LogP contribution in [0.1, 0.15) is 52.9 Å². The van der Waals surface area contributed by atoms with E-state index in [2.05, 4.69) is 32.3 Å². The first-order valence-corrected chi connectivity index (χ1v) is 7.90. The largest absolute Gasteiger partial charge is 0.314 e. The van der Waals surface area contributed by atoms with Crippen LogP contribution in [0.4, 0.5) is 0 Å². The molecule has 92 valence electrons. The number of nitrogens with one attached hydrogen (secondary N) is 1. The van der Waals surface area contributed by atoms with E-state index in [1.165, 1.54) is 44.4 Å². The molecule has 0 aliphatic heterocycles. The Kier molecular flexibility index (Phi) is 11.0. The van der Waals surface area contributed by atoms with Crippen molar-refractivity contribution >= 4 is 11.8 Å². The van der Waals surface area contributed by atoms with Gasteiger partial charge >= 0.3 is 0 Å². The third-order valence-corrected chi connectivity index (χ3v) is 3.77. The molecule has 0 aromatic heterocycles. The lowest BCUT2D eigenvalue weighted by Crippen LogP contribution is -2.32. The molecule has 0 aromatic carbocycles. The molecule has 0 radical (unpaired) electrons. The van der Waals surface area contributed by atoms with Gasteiger partial charge in [0.05, 0.1) is 0 Å². The fourth-order valence-electron chi connectivity index (χ4n) is 1.94. The molecule has 0 fully saturated rings. The Bertz CT molecular complexity index is 116. The Morgan fingerprint density at radius 3 is 2.27 bits per heavy atom. The molecule has 0 aliphatic rings. The highest BCUT2D eigenvalue weighted by Crippen LogP contribution is 2.17. The van der Waals surface area contributed by atoms with Gasteiger partial charge < -0.3 is 5.32 Å². The topological polar surface area (TPSA) is 12.0 Å². The fraction of sp³-hybridized carbons (Fsp3) is 1.00. The van der Waals surface area contributed by atoms with Crippen molar-refractivity contribution in [3.63, 3.8) is 0 Å². The van der Waals surface area contributed by atoms with Crippen LogP contribution in [0, 0.1) is 5.92 Å². The van der Waals surface area contributed by atoms with Gasteiger partial charge in [-0.05, 0) is 43.7 Å². The van der Waals surface area contributed by atoms with Gasteiger partial charge in [0.1, 0.15) is 0 Å². The fourth-order valence-corrected chi connectivity index (χ4v) is 2.46. The smallest absolute Gasteiger partial charge is 0.00775 e. The summed E-state index contributed by atoms with van der Waals surface area (Å²) in [6.07, 6.45) is 8.82. The summed E-state index contributed by atoms with van der Waals surface area (Å²) in [4.78, 5) is 0. The molecule has 0 aliphatic carbocycles. The number of hydrogen-bond acceptors (Lipinski definition) is 2. The number of hydrogen-bond donors (Lipinski definition) is 1. The normalized spacial score (nSPS) is 13.4. The average Bonchev–Trinajstić information content (AvgIpc) is 2.28. The van der Waals surface area contributed by atoms with Crippen molar-refractivity contribution in [3.8, 4) is 0 Å². The molecule has 0 heterocycles. The third kappa shape index (κ3) is 8.15. The molecule has 0 rings (SSSR count). The van der Waals surface area contributed by atoms with Crippen LogP contribution in [0.15, 0.2) is 0 Å². The summed E-state index contributed by atoms with van der Waals surface area (Å²) in [5.41, 5.74) is 0. The SMILES string of the molecule is CCCNC(CCSC)CC(CC)CC. The molecular weight excluding hydrogens is 202 g/mol. The lowest BCUT2D eigenvalue weighted by atomic mass is 9.93. The summed E-state index contributed by atoms with van der Waals surface area (Å²) in [5, 5.41) is 3.69. The van der Waals surface area contributed by atoms with Crippen molar-refractivity contribution in [2.75, 3.05) is 18.6 Å². The summed E-state index contributed by atoms with van der Waals surface area (Å²) in [7, 11) is 0. The van der Waals surface area contributed by atoms with Crippen LogP contribution >= 0.6 is 11.8 Å². The molecule has 1 unspecified atom stereocenters. The maximum atomic E-state index is 3.69. The van der Waals surface area contributed by atoms with Gasteiger partial charge in [0.25, 0.3) is 0 Å². The first-order valence-electron chi connectivity index (χ1n) is 6.50. The Morgan fingerprint density at radius 2 is 1.80 bits per heavy atom. The molecule has 15 heavy (non-hydrogen) atoms. The van der Waals surface area contributed by atoms with Gasteiger partial charge in [0.15, 0.2) is 0 Å². The number of rotatable bonds is 10. The lowest BCUT2D eigenvalue weighted by Gasteiger charge is -2.22. The molecule has 1 nitrogen and oxygen atoms in total. The first-order chi connectivity index (χ1) is 7.28. The molecule has 0 saturated carbocycles. The minimum Gasteiger partial charge on any atom is -0.314 e.